The van der Waals surface area contributed by atoms with Crippen molar-refractivity contribution in [3.63, 3.8) is 0 Å². The van der Waals surface area contributed by atoms with Gasteiger partial charge in [0.25, 0.3) is 0 Å². The number of hydrogen-bond donors (Lipinski definition) is 0. The fourth-order valence-electron chi connectivity index (χ4n) is 3.06. The average molecular weight is 335 g/mol. The highest BCUT2D eigenvalue weighted by Gasteiger charge is 2.24. The number of cyclic esters (lactones) is 1. The summed E-state index contributed by atoms with van der Waals surface area (Å²) >= 11 is 0. The smallest absolute Gasteiger partial charge is 0.409 e. The van der Waals surface area contributed by atoms with Crippen LogP contribution < -0.4 is 4.90 Å². The Kier molecular flexibility index (Phi) is 5.17. The molecule has 2 heterocycles. The third-order valence-electron chi connectivity index (χ3n) is 4.48. The molecule has 0 radical (unpaired) electrons. The Morgan fingerprint density at radius 2 is 1.79 bits per heavy atom. The van der Waals surface area contributed by atoms with Crippen LogP contribution in [0.15, 0.2) is 24.3 Å². The summed E-state index contributed by atoms with van der Waals surface area (Å²) in [5.41, 5.74) is 0.972. The molecule has 2 fully saturated rings. The van der Waals surface area contributed by atoms with Gasteiger partial charge >= 0.3 is 6.09 Å². The maximum Gasteiger partial charge on any atom is 0.409 e. The monoisotopic (exact) mass is 335 g/mol. The quantitative estimate of drug-likeness (QED) is 0.840. The third kappa shape index (κ3) is 3.96. The van der Waals surface area contributed by atoms with Gasteiger partial charge < -0.3 is 19.4 Å². The van der Waals surface area contributed by atoms with E-state index in [-0.39, 0.29) is 17.8 Å². The van der Waals surface area contributed by atoms with Crippen molar-refractivity contribution in [3.05, 3.63) is 30.1 Å². The number of halogens is 1. The molecule has 2 aliphatic rings. The summed E-state index contributed by atoms with van der Waals surface area (Å²) in [7, 11) is 0. The number of anilines is 1. The highest BCUT2D eigenvalue weighted by atomic mass is 19.1. The van der Waals surface area contributed by atoms with Crippen LogP contribution in [0.4, 0.5) is 14.9 Å². The van der Waals surface area contributed by atoms with Gasteiger partial charge in [0.05, 0.1) is 6.61 Å². The summed E-state index contributed by atoms with van der Waals surface area (Å²) in [5.74, 6) is -0.184. The van der Waals surface area contributed by atoms with Crippen LogP contribution in [0.25, 0.3) is 0 Å². The summed E-state index contributed by atoms with van der Waals surface area (Å²) < 4.78 is 17.9. The number of ether oxygens (including phenoxy) is 1. The zero-order valence-electron chi connectivity index (χ0n) is 13.6. The highest BCUT2D eigenvalue weighted by Crippen LogP contribution is 2.17. The van der Waals surface area contributed by atoms with Gasteiger partial charge in [0.15, 0.2) is 0 Å². The average Bonchev–Trinajstić information content (AvgIpc) is 2.62. The Balaban J connectivity index is 1.44. The normalized spacial score (nSPS) is 18.5. The van der Waals surface area contributed by atoms with Gasteiger partial charge in [-0.1, -0.05) is 0 Å². The predicted molar refractivity (Wildman–Crippen MR) is 87.3 cm³/mol. The Bertz CT molecular complexity index is 585. The molecule has 6 nitrogen and oxygen atoms in total. The van der Waals surface area contributed by atoms with E-state index in [2.05, 4.69) is 4.90 Å². The van der Waals surface area contributed by atoms with Crippen molar-refractivity contribution in [1.82, 2.24) is 9.80 Å². The SMILES string of the molecule is O=C(CCN1CCCOC1=O)N1CCN(c2ccc(F)cc2)CC1. The van der Waals surface area contributed by atoms with E-state index in [0.717, 1.165) is 25.2 Å². The number of carbonyl (C=O) groups excluding carboxylic acids is 2. The molecule has 2 saturated heterocycles. The summed E-state index contributed by atoms with van der Waals surface area (Å²) in [6, 6.07) is 6.42. The minimum atomic E-state index is -0.324. The second kappa shape index (κ2) is 7.51. The Hall–Kier alpha value is -2.31. The van der Waals surface area contributed by atoms with Crippen LogP contribution in [0.1, 0.15) is 12.8 Å². The standard InChI is InChI=1S/C17H22FN3O3/c18-14-2-4-15(5-3-14)19-9-11-20(12-10-19)16(22)6-8-21-7-1-13-24-17(21)23/h2-5H,1,6-13H2. The summed E-state index contributed by atoms with van der Waals surface area (Å²) in [5, 5.41) is 0. The van der Waals surface area contributed by atoms with Gasteiger partial charge in [-0.2, -0.15) is 0 Å². The summed E-state index contributed by atoms with van der Waals surface area (Å²) in [4.78, 5) is 29.4. The number of nitrogens with zero attached hydrogens (tertiary/aromatic N) is 3. The molecule has 1 aromatic rings. The molecule has 0 unspecified atom stereocenters. The summed E-state index contributed by atoms with van der Waals surface area (Å²) in [6.07, 6.45) is 0.817. The van der Waals surface area contributed by atoms with E-state index in [1.807, 2.05) is 4.90 Å². The molecule has 0 N–H and O–H groups in total. The Labute approximate surface area is 140 Å². The molecule has 24 heavy (non-hydrogen) atoms. The van der Waals surface area contributed by atoms with Crippen LogP contribution in [0.5, 0.6) is 0 Å². The van der Waals surface area contributed by atoms with Gasteiger partial charge in [-0.05, 0) is 30.7 Å². The lowest BCUT2D eigenvalue weighted by Gasteiger charge is -2.36. The largest absolute Gasteiger partial charge is 0.449 e. The molecule has 0 atom stereocenters. The Morgan fingerprint density at radius 1 is 1.08 bits per heavy atom. The van der Waals surface area contributed by atoms with Gasteiger partial charge in [-0.15, -0.1) is 0 Å². The number of hydrogen-bond acceptors (Lipinski definition) is 4. The fraction of sp³-hybridized carbons (Fsp3) is 0.529. The molecule has 0 spiro atoms. The van der Waals surface area contributed by atoms with E-state index in [4.69, 9.17) is 4.74 Å². The number of carbonyl (C=O) groups is 2. The molecular weight excluding hydrogens is 313 g/mol. The maximum atomic E-state index is 13.0. The molecule has 0 bridgehead atoms. The molecule has 3 rings (SSSR count). The van der Waals surface area contributed by atoms with Crippen molar-refractivity contribution in [3.8, 4) is 0 Å². The Morgan fingerprint density at radius 3 is 2.46 bits per heavy atom. The van der Waals surface area contributed by atoms with Crippen molar-refractivity contribution in [2.24, 2.45) is 0 Å². The van der Waals surface area contributed by atoms with Crippen LogP contribution in [0.2, 0.25) is 0 Å². The van der Waals surface area contributed by atoms with E-state index in [0.29, 0.717) is 39.2 Å². The van der Waals surface area contributed by atoms with Crippen LogP contribution >= 0.6 is 0 Å². The van der Waals surface area contributed by atoms with Crippen LogP contribution in [0, 0.1) is 5.82 Å². The van der Waals surface area contributed by atoms with Crippen molar-refractivity contribution >= 4 is 17.7 Å². The third-order valence-corrected chi connectivity index (χ3v) is 4.48. The van der Waals surface area contributed by atoms with E-state index in [1.165, 1.54) is 12.1 Å². The van der Waals surface area contributed by atoms with Gasteiger partial charge in [0.1, 0.15) is 5.82 Å². The molecule has 7 heteroatoms. The zero-order chi connectivity index (χ0) is 16.9. The van der Waals surface area contributed by atoms with Crippen LogP contribution in [-0.4, -0.2) is 67.7 Å². The number of piperazine rings is 1. The molecule has 2 amide bonds. The van der Waals surface area contributed by atoms with E-state index in [9.17, 15) is 14.0 Å². The van der Waals surface area contributed by atoms with Crippen molar-refractivity contribution in [1.29, 1.82) is 0 Å². The molecule has 130 valence electrons. The zero-order valence-corrected chi connectivity index (χ0v) is 13.6. The first-order chi connectivity index (χ1) is 11.6. The molecule has 0 saturated carbocycles. The lowest BCUT2D eigenvalue weighted by Crippen LogP contribution is -2.49. The van der Waals surface area contributed by atoms with Gasteiger partial charge in [-0.25, -0.2) is 9.18 Å². The molecule has 0 aliphatic carbocycles. The summed E-state index contributed by atoms with van der Waals surface area (Å²) in [6.45, 7) is 4.27. The topological polar surface area (TPSA) is 53.1 Å². The maximum absolute atomic E-state index is 13.0. The fourth-order valence-corrected chi connectivity index (χ4v) is 3.06. The van der Waals surface area contributed by atoms with Crippen LogP contribution in [-0.2, 0) is 9.53 Å². The van der Waals surface area contributed by atoms with Crippen molar-refractivity contribution < 1.29 is 18.7 Å². The molecule has 1 aromatic carbocycles. The molecule has 0 aromatic heterocycles. The first kappa shape index (κ1) is 16.5. The lowest BCUT2D eigenvalue weighted by atomic mass is 10.2. The minimum Gasteiger partial charge on any atom is -0.449 e. The second-order valence-electron chi connectivity index (χ2n) is 6.05. The number of amides is 2. The van der Waals surface area contributed by atoms with Crippen molar-refractivity contribution in [2.45, 2.75) is 12.8 Å². The number of benzene rings is 1. The molecule has 2 aliphatic heterocycles. The minimum absolute atomic E-state index is 0.0622. The highest BCUT2D eigenvalue weighted by molar-refractivity contribution is 5.77. The lowest BCUT2D eigenvalue weighted by molar-refractivity contribution is -0.131. The predicted octanol–water partition coefficient (Wildman–Crippen LogP) is 1.71. The second-order valence-corrected chi connectivity index (χ2v) is 6.05. The van der Waals surface area contributed by atoms with E-state index in [1.54, 1.807) is 17.0 Å². The first-order valence-electron chi connectivity index (χ1n) is 8.33. The van der Waals surface area contributed by atoms with Gasteiger partial charge in [0, 0.05) is 51.4 Å². The number of rotatable bonds is 4. The van der Waals surface area contributed by atoms with Gasteiger partial charge in [0.2, 0.25) is 5.91 Å². The van der Waals surface area contributed by atoms with E-state index >= 15 is 0 Å². The first-order valence-corrected chi connectivity index (χ1v) is 8.33. The molecular formula is C17H22FN3O3. The van der Waals surface area contributed by atoms with Crippen molar-refractivity contribution in [2.75, 3.05) is 50.8 Å². The van der Waals surface area contributed by atoms with E-state index < -0.39 is 0 Å². The van der Waals surface area contributed by atoms with Crippen LogP contribution in [0.3, 0.4) is 0 Å². The van der Waals surface area contributed by atoms with Gasteiger partial charge in [-0.3, -0.25) is 4.79 Å².